The molecule has 6 fully saturated rings. The molecule has 0 bridgehead atoms. The van der Waals surface area contributed by atoms with Crippen LogP contribution in [0.3, 0.4) is 0 Å². The normalized spacial score (nSPS) is 33.0. The second kappa shape index (κ2) is 51.5. The van der Waals surface area contributed by atoms with Gasteiger partial charge in [0.25, 0.3) is 0 Å². The van der Waals surface area contributed by atoms with Crippen LogP contribution in [0.25, 0.3) is 0 Å². The number of hydrogen-bond donors (Lipinski definition) is 27. The molecule has 6 saturated heterocycles. The number of aliphatic hydroxyl groups is 6. The zero-order valence-corrected chi connectivity index (χ0v) is 80.7. The van der Waals surface area contributed by atoms with Crippen LogP contribution in [0.5, 0.6) is 0 Å². The second-order valence-corrected chi connectivity index (χ2v) is 53.5. The van der Waals surface area contributed by atoms with Crippen molar-refractivity contribution in [1.82, 2.24) is 0 Å². The van der Waals surface area contributed by atoms with Gasteiger partial charge < -0.3 is 185 Å². The number of ether oxygens (including phenoxy) is 6. The van der Waals surface area contributed by atoms with Crippen molar-refractivity contribution in [3.8, 4) is 0 Å². The maximum atomic E-state index is 11.9. The van der Waals surface area contributed by atoms with E-state index in [1.54, 1.807) is 41.5 Å². The monoisotopic (exact) mass is 2270 g/mol. The lowest BCUT2D eigenvalue weighted by molar-refractivity contribution is -0.0168. The predicted octanol–water partition coefficient (Wildman–Crippen LogP) is -2.32. The lowest BCUT2D eigenvalue weighted by Gasteiger charge is -2.24. The van der Waals surface area contributed by atoms with E-state index in [0.29, 0.717) is 38.5 Å². The lowest BCUT2D eigenvalue weighted by Crippen LogP contribution is -2.26. The average molecular weight is 2270 g/mol. The topological polar surface area (TPSA) is 1020 Å². The molecule has 0 aliphatic carbocycles. The number of hydrogen-bond acceptors (Lipinski definition) is 48. The largest absolute Gasteiger partial charge is 0.488 e. The van der Waals surface area contributed by atoms with Gasteiger partial charge in [0.1, 0.15) is 36.6 Å². The van der Waals surface area contributed by atoms with Crippen molar-refractivity contribution < 1.29 is 309 Å². The fourth-order valence-electron chi connectivity index (χ4n) is 9.13. The third-order valence-corrected chi connectivity index (χ3v) is 37.4. The molecule has 756 valence electrons. The van der Waals surface area contributed by atoms with Gasteiger partial charge in [-0.05, 0) is 77.0 Å². The molecule has 126 heavy (non-hydrogen) atoms. The van der Waals surface area contributed by atoms with Crippen LogP contribution in [0, 0.1) is 0 Å². The molecule has 6 aliphatic heterocycles. The molecule has 19 unspecified atom stereocenters. The summed E-state index contributed by atoms with van der Waals surface area (Å²) in [6.45, 7) is -6.45. The van der Waals surface area contributed by atoms with Gasteiger partial charge in [0, 0.05) is 38.5 Å². The summed E-state index contributed by atoms with van der Waals surface area (Å²) in [7, 11) is -78.4. The molecular formula is C36H96B3O66P18S3-3. The van der Waals surface area contributed by atoms with E-state index in [1.807, 2.05) is 0 Å². The molecule has 6 rings (SSSR count). The quantitative estimate of drug-likeness (QED) is 0.0225. The first-order chi connectivity index (χ1) is 55.8. The minimum Gasteiger partial charge on any atom is -0.390 e. The van der Waals surface area contributed by atoms with Crippen LogP contribution in [-0.4, -0.2) is 306 Å². The highest BCUT2D eigenvalue weighted by Crippen LogP contribution is 2.72. The Morgan fingerprint density at radius 1 is 0.246 bits per heavy atom. The molecule has 31 atom stereocenters. The van der Waals surface area contributed by atoms with Gasteiger partial charge in [0.15, 0.2) is 22.4 Å². The van der Waals surface area contributed by atoms with E-state index in [4.69, 9.17) is 111 Å². The first kappa shape index (κ1) is 128. The summed E-state index contributed by atoms with van der Waals surface area (Å²) in [5.41, 5.74) is 0. The van der Waals surface area contributed by atoms with Crippen molar-refractivity contribution in [3.05, 3.63) is 0 Å². The van der Waals surface area contributed by atoms with Gasteiger partial charge in [-0.2, -0.15) is 17.2 Å². The Kier molecular flexibility index (Phi) is 52.1. The van der Waals surface area contributed by atoms with Crippen molar-refractivity contribution in [1.29, 1.82) is 0 Å². The summed E-state index contributed by atoms with van der Waals surface area (Å²) in [6, 6.07) is 0. The molecule has 0 aromatic heterocycles. The van der Waals surface area contributed by atoms with Gasteiger partial charge in [-0.1, -0.05) is 0 Å². The standard InChI is InChI=1S/3C6H17BO11P3.3C6H15O11P3S/c1-4-2-5(8)6(16-4)3-15-21(13,14)18-19(7,9)17-20(10,11)12;1-4-2-5(8)6(16-4)3-15-19(7,9)17-21(13,14)18-20(10,11)12;1-4-2-5(8)6(16-4)3-15-20(11,12)18-21(13,14)17-19(7,9)10;1-4-2-5(7)6(15-4)3-14-18(8,9)16-19(10,11)17-20(12,13)21;1-4-2-5(7)6(15-4)3-14-20(13,21)17-19(11,12)16-18(8,9)10;1-4-2-5(7)6(15-4)3-14-19(11,12)17-20(13,21)16-18(8,9)10/h2*4-6,8H,2-3H2,1,7H3,(H,13,14)(H2,10,11,12);4-6,8H,2-3H2,1,7H3,(H,9,10)(H,11,12)(H,13,14);4-7H,2-3H2,1H3,(H,8,9)(H,10,11)(H2,12,13,21);2*4-7H,2-3H2,1H3,(H,11,12)(H,13,21)(H2,8,9,10)/q3*-1;;;/t2*4-,5?,6+,19?;2*4-,5?,6+;2*4-,5?,6+,20?/m000000/s1. The summed E-state index contributed by atoms with van der Waals surface area (Å²) in [5, 5.41) is 57.3. The van der Waals surface area contributed by atoms with E-state index >= 15 is 0 Å². The predicted molar refractivity (Wildman–Crippen MR) is 432 cm³/mol. The van der Waals surface area contributed by atoms with Crippen molar-refractivity contribution in [2.75, 3.05) is 39.6 Å². The van der Waals surface area contributed by atoms with Gasteiger partial charge in [-0.3, -0.25) is 18.1 Å². The Balaban J connectivity index is 0.000000756. The minimum absolute atomic E-state index is 0.209. The van der Waals surface area contributed by atoms with Gasteiger partial charge in [-0.25, -0.2) is 89.3 Å². The maximum absolute atomic E-state index is 11.9. The van der Waals surface area contributed by atoms with E-state index in [9.17, 15) is 128 Å². The van der Waals surface area contributed by atoms with Crippen LogP contribution in [-0.2, 0) is 211 Å². The van der Waals surface area contributed by atoms with Gasteiger partial charge >= 0.3 is 114 Å². The molecule has 0 aromatic carbocycles. The Hall–Kier alpha value is 3.55. The van der Waals surface area contributed by atoms with Crippen LogP contribution in [0.15, 0.2) is 0 Å². The molecule has 27 N–H and O–H groups in total. The molecule has 0 amide bonds. The van der Waals surface area contributed by atoms with Crippen LogP contribution < -0.4 is 0 Å². The summed E-state index contributed by atoms with van der Waals surface area (Å²) in [5.74, 6) is 0. The SMILES string of the molecule is C[C@H]1CC(O)[C@@H](COP(=O)(O)OP(=O)(O)OP(O)(O)=S)O1.C[C@H]1CC(O)[C@@H](COP(=O)(O)OP(O)(=S)OP(=O)(O)O)O1.C[C@H]1CC(O)[C@@H](COP(O)(=S)OP(=O)(O)OP(=O)(O)O)O1.[BH3-]P(=O)(O)OP(=O)(O)OP(=O)(O)OC[C@H]1O[C@@H](C)CC1O.[BH3-]P(=O)(OC[C@H]1O[C@@H](C)CC1O)OP(=O)(O)OP(=O)(O)O.[BH3-]P(=O)(OP(=O)(O)O)OP(=O)(O)OC[C@H]1O[C@@H](C)CC1O. The van der Waals surface area contributed by atoms with Crippen LogP contribution in [0.4, 0.5) is 0 Å². The van der Waals surface area contributed by atoms with Crippen molar-refractivity contribution in [2.24, 2.45) is 0 Å². The van der Waals surface area contributed by atoms with E-state index < -0.39 is 265 Å². The second-order valence-electron chi connectivity index (χ2n) is 24.3. The van der Waals surface area contributed by atoms with Crippen LogP contribution >= 0.6 is 136 Å². The third-order valence-electron chi connectivity index (χ3n) is 13.2. The van der Waals surface area contributed by atoms with E-state index in [2.05, 4.69) is 105 Å². The highest BCUT2D eigenvalue weighted by atomic mass is 32.5. The van der Waals surface area contributed by atoms with Gasteiger partial charge in [-0.15, -0.1) is 0 Å². The maximum Gasteiger partial charge on any atom is 0.488 e. The van der Waals surface area contributed by atoms with Gasteiger partial charge in [0.05, 0.1) is 136 Å². The lowest BCUT2D eigenvalue weighted by atomic mass is 10.1. The summed E-state index contributed by atoms with van der Waals surface area (Å²) >= 11 is 12.5. The summed E-state index contributed by atoms with van der Waals surface area (Å²) in [6.07, 6.45) is -10.0. The van der Waals surface area contributed by atoms with Crippen LogP contribution in [0.2, 0.25) is 0 Å². The first-order valence-electron chi connectivity index (χ1n) is 31.9. The van der Waals surface area contributed by atoms with Gasteiger partial charge in [0.2, 0.25) is 0 Å². The highest BCUT2D eigenvalue weighted by Gasteiger charge is 2.47. The smallest absolute Gasteiger partial charge is 0.390 e. The zero-order valence-electron chi connectivity index (χ0n) is 62.1. The number of aliphatic hydroxyl groups excluding tert-OH is 6. The molecule has 6 heterocycles. The zero-order chi connectivity index (χ0) is 98.8. The molecule has 0 spiro atoms. The highest BCUT2D eigenvalue weighted by molar-refractivity contribution is 8.10. The summed E-state index contributed by atoms with van der Waals surface area (Å²) < 4.78 is 272. The van der Waals surface area contributed by atoms with Crippen LogP contribution in [0.1, 0.15) is 80.1 Å². The molecule has 6 aliphatic rings. The summed E-state index contributed by atoms with van der Waals surface area (Å²) in [4.78, 5) is 186. The Morgan fingerprint density at radius 2 is 0.452 bits per heavy atom. The molecule has 0 aromatic rings. The Bertz CT molecular complexity index is 3730. The molecule has 66 nitrogen and oxygen atoms in total. The first-order valence-corrected chi connectivity index (χ1v) is 61.1. The van der Waals surface area contributed by atoms with Crippen molar-refractivity contribution in [2.45, 2.75) is 190 Å². The Morgan fingerprint density at radius 3 is 0.690 bits per heavy atom. The number of rotatable bonds is 42. The average Bonchev–Trinajstić information content (AvgIpc) is 1.42. The van der Waals surface area contributed by atoms with E-state index in [0.717, 1.165) is 0 Å². The van der Waals surface area contributed by atoms with E-state index in [1.165, 1.54) is 0 Å². The van der Waals surface area contributed by atoms with E-state index in [-0.39, 0.29) is 43.2 Å². The molecular weight excluding hydrogens is 2170 g/mol. The van der Waals surface area contributed by atoms with Crippen molar-refractivity contribution in [3.63, 3.8) is 0 Å². The van der Waals surface area contributed by atoms with Crippen molar-refractivity contribution >= 4 is 195 Å². The molecule has 0 saturated carbocycles. The fourth-order valence-corrected chi connectivity index (χ4v) is 29.0. The fraction of sp³-hybridized carbons (Fsp3) is 1.00. The minimum atomic E-state index is -5.33. The molecule has 0 radical (unpaired) electrons. The number of phosphoric acid groups is 12. The Labute approximate surface area is 729 Å². The third kappa shape index (κ3) is 60.6. The number of phosphoric ester groups is 4. The molecule has 90 heteroatoms.